The third-order valence-electron chi connectivity index (χ3n) is 3.30. The molecule has 0 spiro atoms. The molecule has 0 unspecified atom stereocenters. The zero-order chi connectivity index (χ0) is 13.1. The summed E-state index contributed by atoms with van der Waals surface area (Å²) in [5.74, 6) is 0.614. The highest BCUT2D eigenvalue weighted by atomic mass is 127. The van der Waals surface area contributed by atoms with E-state index in [4.69, 9.17) is 28.9 Å². The summed E-state index contributed by atoms with van der Waals surface area (Å²) in [5.41, 5.74) is 6.95. The zero-order valence-electron chi connectivity index (χ0n) is 10.9. The number of nitrogens with two attached hydrogens (primary N) is 1. The summed E-state index contributed by atoms with van der Waals surface area (Å²) >= 11 is 12.0. The first-order chi connectivity index (χ1) is 8.59. The van der Waals surface area contributed by atoms with Crippen LogP contribution in [0, 0.1) is 0 Å². The minimum Gasteiger partial charge on any atom is -0.370 e. The molecule has 1 aliphatic heterocycles. The van der Waals surface area contributed by atoms with Gasteiger partial charge in [-0.05, 0) is 25.3 Å². The maximum Gasteiger partial charge on any atom is 0.191 e. The van der Waals surface area contributed by atoms with Crippen molar-refractivity contribution < 1.29 is 0 Å². The molecule has 0 bridgehead atoms. The molecule has 0 atom stereocenters. The maximum absolute atomic E-state index is 6.00. The number of likely N-dealkylation sites (tertiary alicyclic amines) is 1. The molecule has 4 nitrogen and oxygen atoms in total. The quantitative estimate of drug-likeness (QED) is 0.457. The van der Waals surface area contributed by atoms with Gasteiger partial charge in [-0.25, -0.2) is 4.99 Å². The van der Waals surface area contributed by atoms with Crippen molar-refractivity contribution in [2.75, 3.05) is 13.1 Å². The van der Waals surface area contributed by atoms with E-state index in [0.717, 1.165) is 18.8 Å². The summed E-state index contributed by atoms with van der Waals surface area (Å²) in [6.07, 6.45) is 3.67. The Hall–Kier alpha value is -0.140. The van der Waals surface area contributed by atoms with Crippen LogP contribution in [0.2, 0.25) is 10.2 Å². The first kappa shape index (κ1) is 16.9. The van der Waals surface area contributed by atoms with Crippen molar-refractivity contribution in [1.82, 2.24) is 9.47 Å². The van der Waals surface area contributed by atoms with Gasteiger partial charge in [0.05, 0.1) is 11.6 Å². The van der Waals surface area contributed by atoms with Crippen molar-refractivity contribution in [2.24, 2.45) is 17.8 Å². The molecule has 2 heterocycles. The number of rotatable bonds is 2. The average Bonchev–Trinajstić information content (AvgIpc) is 2.64. The highest BCUT2D eigenvalue weighted by Gasteiger charge is 2.13. The predicted octanol–water partition coefficient (Wildman–Crippen LogP) is 3.25. The lowest BCUT2D eigenvalue weighted by molar-refractivity contribution is 0.338. The minimum atomic E-state index is 0. The van der Waals surface area contributed by atoms with Gasteiger partial charge < -0.3 is 15.2 Å². The molecule has 1 aromatic rings. The molecule has 108 valence electrons. The van der Waals surface area contributed by atoms with Crippen LogP contribution in [-0.2, 0) is 13.6 Å². The van der Waals surface area contributed by atoms with Gasteiger partial charge in [-0.1, -0.05) is 23.2 Å². The van der Waals surface area contributed by atoms with Crippen molar-refractivity contribution in [3.05, 3.63) is 21.9 Å². The smallest absolute Gasteiger partial charge is 0.191 e. The van der Waals surface area contributed by atoms with Crippen molar-refractivity contribution in [2.45, 2.75) is 25.8 Å². The Balaban J connectivity index is 0.00000180. The average molecular weight is 417 g/mol. The second-order valence-corrected chi connectivity index (χ2v) is 5.32. The van der Waals surface area contributed by atoms with Gasteiger partial charge in [0.2, 0.25) is 0 Å². The number of aliphatic imine (C=N–C) groups is 1. The van der Waals surface area contributed by atoms with Crippen LogP contribution in [-0.4, -0.2) is 28.5 Å². The molecular weight excluding hydrogens is 398 g/mol. The summed E-state index contributed by atoms with van der Waals surface area (Å²) in [6.45, 7) is 2.51. The summed E-state index contributed by atoms with van der Waals surface area (Å²) in [4.78, 5) is 6.55. The zero-order valence-corrected chi connectivity index (χ0v) is 14.7. The van der Waals surface area contributed by atoms with Crippen molar-refractivity contribution in [1.29, 1.82) is 0 Å². The van der Waals surface area contributed by atoms with Crippen LogP contribution in [0.3, 0.4) is 0 Å². The van der Waals surface area contributed by atoms with E-state index in [9.17, 15) is 0 Å². The fourth-order valence-corrected chi connectivity index (χ4v) is 2.54. The number of piperidine rings is 1. The second-order valence-electron chi connectivity index (χ2n) is 4.56. The molecule has 0 aromatic carbocycles. The van der Waals surface area contributed by atoms with E-state index in [1.54, 1.807) is 0 Å². The standard InChI is InChI=1S/C12H18Cl2N4.HI/c1-17-9(7-10(13)11(17)14)8-16-12(15)18-5-3-2-4-6-18;/h7H,2-6,8H2,1H3,(H2,15,16);1H. The van der Waals surface area contributed by atoms with Crippen LogP contribution in [0.1, 0.15) is 25.0 Å². The lowest BCUT2D eigenvalue weighted by atomic mass is 10.1. The molecule has 1 saturated heterocycles. The van der Waals surface area contributed by atoms with Gasteiger partial charge in [-0.3, -0.25) is 0 Å². The number of hydrogen-bond acceptors (Lipinski definition) is 1. The Morgan fingerprint density at radius 1 is 1.32 bits per heavy atom. The van der Waals surface area contributed by atoms with E-state index in [1.807, 2.05) is 17.7 Å². The van der Waals surface area contributed by atoms with Crippen LogP contribution in [0.5, 0.6) is 0 Å². The summed E-state index contributed by atoms with van der Waals surface area (Å²) in [7, 11) is 1.87. The monoisotopic (exact) mass is 416 g/mol. The predicted molar refractivity (Wildman–Crippen MR) is 91.6 cm³/mol. The van der Waals surface area contributed by atoms with Gasteiger partial charge in [-0.2, -0.15) is 0 Å². The van der Waals surface area contributed by atoms with Gasteiger partial charge in [0, 0.05) is 25.8 Å². The van der Waals surface area contributed by atoms with Crippen molar-refractivity contribution in [3.8, 4) is 0 Å². The number of halogens is 3. The Labute approximate surface area is 141 Å². The van der Waals surface area contributed by atoms with E-state index < -0.39 is 0 Å². The normalized spacial score (nSPS) is 16.4. The van der Waals surface area contributed by atoms with E-state index >= 15 is 0 Å². The van der Waals surface area contributed by atoms with Crippen LogP contribution in [0.4, 0.5) is 0 Å². The first-order valence-electron chi connectivity index (χ1n) is 6.14. The molecule has 1 fully saturated rings. The Bertz CT molecular complexity index is 453. The number of nitrogens with zero attached hydrogens (tertiary/aromatic N) is 3. The van der Waals surface area contributed by atoms with Crippen LogP contribution >= 0.6 is 47.2 Å². The van der Waals surface area contributed by atoms with Crippen LogP contribution in [0.15, 0.2) is 11.1 Å². The van der Waals surface area contributed by atoms with E-state index in [-0.39, 0.29) is 24.0 Å². The molecule has 2 N–H and O–H groups in total. The van der Waals surface area contributed by atoms with E-state index in [2.05, 4.69) is 9.89 Å². The highest BCUT2D eigenvalue weighted by Crippen LogP contribution is 2.25. The van der Waals surface area contributed by atoms with E-state index in [1.165, 1.54) is 19.3 Å². The fraction of sp³-hybridized carbons (Fsp3) is 0.583. The molecular formula is C12H19Cl2IN4. The Morgan fingerprint density at radius 2 is 1.95 bits per heavy atom. The third-order valence-corrected chi connectivity index (χ3v) is 4.14. The summed E-state index contributed by atoms with van der Waals surface area (Å²) in [5, 5.41) is 1.10. The van der Waals surface area contributed by atoms with Gasteiger partial charge in [0.1, 0.15) is 5.15 Å². The molecule has 1 aromatic heterocycles. The number of aromatic nitrogens is 1. The highest BCUT2D eigenvalue weighted by molar-refractivity contribution is 14.0. The largest absolute Gasteiger partial charge is 0.370 e. The third kappa shape index (κ3) is 4.16. The van der Waals surface area contributed by atoms with Gasteiger partial charge in [0.15, 0.2) is 5.96 Å². The second kappa shape index (κ2) is 7.59. The number of guanidine groups is 1. The van der Waals surface area contributed by atoms with Gasteiger partial charge >= 0.3 is 0 Å². The van der Waals surface area contributed by atoms with Crippen molar-refractivity contribution >= 4 is 53.1 Å². The topological polar surface area (TPSA) is 46.6 Å². The van der Waals surface area contributed by atoms with Gasteiger partial charge in [-0.15, -0.1) is 24.0 Å². The minimum absolute atomic E-state index is 0. The molecule has 0 saturated carbocycles. The summed E-state index contributed by atoms with van der Waals surface area (Å²) in [6, 6.07) is 1.83. The van der Waals surface area contributed by atoms with Crippen LogP contribution in [0.25, 0.3) is 0 Å². The lowest BCUT2D eigenvalue weighted by Crippen LogP contribution is -2.40. The molecule has 0 amide bonds. The maximum atomic E-state index is 6.00. The fourth-order valence-electron chi connectivity index (χ4n) is 2.13. The molecule has 0 aliphatic carbocycles. The van der Waals surface area contributed by atoms with E-state index in [0.29, 0.717) is 22.7 Å². The van der Waals surface area contributed by atoms with Crippen LogP contribution < -0.4 is 5.73 Å². The molecule has 7 heteroatoms. The van der Waals surface area contributed by atoms with Crippen molar-refractivity contribution in [3.63, 3.8) is 0 Å². The Kier molecular flexibility index (Phi) is 6.76. The molecule has 1 aliphatic rings. The first-order valence-corrected chi connectivity index (χ1v) is 6.89. The SMILES string of the molecule is Cn1c(CN=C(N)N2CCCCC2)cc(Cl)c1Cl.I. The Morgan fingerprint density at radius 3 is 2.47 bits per heavy atom. The van der Waals surface area contributed by atoms with Gasteiger partial charge in [0.25, 0.3) is 0 Å². The summed E-state index contributed by atoms with van der Waals surface area (Å²) < 4.78 is 1.83. The molecule has 19 heavy (non-hydrogen) atoms. The molecule has 2 rings (SSSR count). The molecule has 0 radical (unpaired) electrons. The number of hydrogen-bond donors (Lipinski definition) is 1. The lowest BCUT2D eigenvalue weighted by Gasteiger charge is -2.27.